The van der Waals surface area contributed by atoms with Crippen molar-refractivity contribution in [2.75, 3.05) is 19.6 Å². The Morgan fingerprint density at radius 2 is 0.846 bits per heavy atom. The fraction of sp³-hybridized carbons (Fsp3) is 0.0952. The average molecular weight is 1170 g/mol. The minimum absolute atomic E-state index is 0.0471. The Kier molecular flexibility index (Phi) is 11.5. The third-order valence-electron chi connectivity index (χ3n) is 19.5. The summed E-state index contributed by atoms with van der Waals surface area (Å²) < 4.78 is 14.7. The smallest absolute Gasteiger partial charge is 0.257 e. The molecule has 16 aromatic rings. The van der Waals surface area contributed by atoms with E-state index in [9.17, 15) is 0 Å². The summed E-state index contributed by atoms with van der Waals surface area (Å²) >= 11 is 0. The van der Waals surface area contributed by atoms with Crippen LogP contribution < -0.4 is 36.0 Å². The van der Waals surface area contributed by atoms with Crippen LogP contribution in [-0.2, 0) is 10.8 Å². The summed E-state index contributed by atoms with van der Waals surface area (Å²) in [5.41, 5.74) is 22.0. The van der Waals surface area contributed by atoms with E-state index >= 15 is 0 Å². The summed E-state index contributed by atoms with van der Waals surface area (Å²) in [6.45, 7) is 13.5. The van der Waals surface area contributed by atoms with E-state index in [0.29, 0.717) is 0 Å². The first-order valence-electron chi connectivity index (χ1n) is 31.8. The SMILES string of the molecule is CC(C)(C)c1ccc(N2c3cc(N(c4ccc5ccc6cccc7ccc4c5c67)c4cccc5c4oc4ccccc45)ccc3B3c4c2cccc4N(c2ccc(C(C)(C)C)cc2)c2cc(N(c4ccccc4)c4ccccc4)c4c(oc5ccccc54)c23)cc1. The van der Waals surface area contributed by atoms with Crippen molar-refractivity contribution < 1.29 is 8.83 Å². The molecule has 0 aliphatic carbocycles. The number of furan rings is 2. The van der Waals surface area contributed by atoms with Crippen molar-refractivity contribution in [1.29, 1.82) is 0 Å². The molecule has 2 aromatic heterocycles. The molecule has 4 heterocycles. The molecule has 6 nitrogen and oxygen atoms in total. The minimum atomic E-state index is -0.291. The predicted molar refractivity (Wildman–Crippen MR) is 385 cm³/mol. The van der Waals surface area contributed by atoms with Gasteiger partial charge in [0.2, 0.25) is 0 Å². The molecule has 0 bridgehead atoms. The van der Waals surface area contributed by atoms with E-state index in [2.05, 4.69) is 334 Å². The van der Waals surface area contributed by atoms with Crippen molar-refractivity contribution in [2.45, 2.75) is 52.4 Å². The Morgan fingerprint density at radius 3 is 1.49 bits per heavy atom. The molecule has 0 saturated heterocycles. The first kappa shape index (κ1) is 53.1. The van der Waals surface area contributed by atoms with Crippen LogP contribution in [0.25, 0.3) is 76.2 Å². The molecule has 0 unspecified atom stereocenters. The normalized spacial score (nSPS) is 13.1. The maximum atomic E-state index is 7.59. The van der Waals surface area contributed by atoms with Crippen LogP contribution in [0.15, 0.2) is 282 Å². The highest BCUT2D eigenvalue weighted by molar-refractivity contribution is 7.01. The number of benzene rings is 14. The van der Waals surface area contributed by atoms with Crippen LogP contribution in [0.4, 0.5) is 68.2 Å². The van der Waals surface area contributed by atoms with Gasteiger partial charge in [0.05, 0.1) is 22.4 Å². The van der Waals surface area contributed by atoms with Crippen LogP contribution in [0.3, 0.4) is 0 Å². The maximum absolute atomic E-state index is 7.59. The Balaban J connectivity index is 0.957. The van der Waals surface area contributed by atoms with Gasteiger partial charge in [-0.15, -0.1) is 0 Å². The summed E-state index contributed by atoms with van der Waals surface area (Å²) in [5.74, 6) is 0. The van der Waals surface area contributed by atoms with Gasteiger partial charge in [-0.2, -0.15) is 0 Å². The van der Waals surface area contributed by atoms with Gasteiger partial charge >= 0.3 is 0 Å². The second-order valence-electron chi connectivity index (χ2n) is 26.8. The van der Waals surface area contributed by atoms with Crippen molar-refractivity contribution in [3.8, 4) is 0 Å². The maximum Gasteiger partial charge on any atom is 0.257 e. The van der Waals surface area contributed by atoms with E-state index in [1.165, 1.54) is 49.0 Å². The van der Waals surface area contributed by atoms with Gasteiger partial charge in [0.1, 0.15) is 16.7 Å². The van der Waals surface area contributed by atoms with E-state index in [4.69, 9.17) is 8.83 Å². The standard InChI is InChI=1S/C84H63BN4O2/c1-83(2,3)55-38-42-59(43-39-55)87-68-29-19-30-69-79(68)85(80-73(88(69)60-44-40-56(41-45-60)84(4,5)6)51-72(78-65-27-14-16-33-75(65)91-82(78)80)86(57-22-9-7-10-23-57)58-24-11-8-12-25-58)66-48-46-61(50-71(66)87)89(70-31-18-28-63-62-26-13-15-32-74(62)90-81(63)70)67-49-37-54-35-34-52-20-17-21-53-36-47-64(67)77(54)76(52)53/h7-51H,1-6H3. The molecule has 0 radical (unpaired) electrons. The second-order valence-corrected chi connectivity index (χ2v) is 26.8. The highest BCUT2D eigenvalue weighted by Crippen LogP contribution is 2.53. The van der Waals surface area contributed by atoms with Crippen molar-refractivity contribution in [3.63, 3.8) is 0 Å². The van der Waals surface area contributed by atoms with E-state index in [-0.39, 0.29) is 17.5 Å². The van der Waals surface area contributed by atoms with Gasteiger partial charge < -0.3 is 28.4 Å². The van der Waals surface area contributed by atoms with E-state index < -0.39 is 0 Å². The van der Waals surface area contributed by atoms with Crippen molar-refractivity contribution >= 4 is 168 Å². The predicted octanol–water partition coefficient (Wildman–Crippen LogP) is 22.0. The lowest BCUT2D eigenvalue weighted by molar-refractivity contribution is 0.590. The van der Waals surface area contributed by atoms with Gasteiger partial charge in [0, 0.05) is 72.7 Å². The highest BCUT2D eigenvalue weighted by Gasteiger charge is 2.46. The van der Waals surface area contributed by atoms with Crippen molar-refractivity contribution in [2.24, 2.45) is 0 Å². The Morgan fingerprint density at radius 1 is 0.319 bits per heavy atom. The topological polar surface area (TPSA) is 39.2 Å². The summed E-state index contributed by atoms with van der Waals surface area (Å²) in [6, 6.07) is 101. The number of rotatable bonds is 8. The molecule has 7 heteroatoms. The zero-order valence-corrected chi connectivity index (χ0v) is 51.7. The molecule has 0 saturated carbocycles. The molecule has 0 amide bonds. The molecule has 14 aromatic carbocycles. The number of hydrogen-bond acceptors (Lipinski definition) is 6. The molecule has 0 spiro atoms. The van der Waals surface area contributed by atoms with E-state index in [1.807, 2.05) is 0 Å². The Hall–Kier alpha value is -11.0. The van der Waals surface area contributed by atoms with Crippen LogP contribution in [0.2, 0.25) is 0 Å². The Bertz CT molecular complexity index is 5530. The zero-order chi connectivity index (χ0) is 61.0. The molecular formula is C84H63BN4O2. The first-order valence-corrected chi connectivity index (χ1v) is 31.8. The molecule has 434 valence electrons. The zero-order valence-electron chi connectivity index (χ0n) is 51.7. The van der Waals surface area contributed by atoms with Gasteiger partial charge in [-0.1, -0.05) is 211 Å². The van der Waals surface area contributed by atoms with Crippen LogP contribution in [0.5, 0.6) is 0 Å². The summed E-state index contributed by atoms with van der Waals surface area (Å²) in [6.07, 6.45) is 0. The lowest BCUT2D eigenvalue weighted by Gasteiger charge is -2.44. The van der Waals surface area contributed by atoms with Gasteiger partial charge in [0.25, 0.3) is 6.71 Å². The molecule has 0 fully saturated rings. The molecule has 2 aliphatic rings. The fourth-order valence-corrected chi connectivity index (χ4v) is 15.2. The number of nitrogens with zero attached hydrogens (tertiary/aromatic N) is 4. The highest BCUT2D eigenvalue weighted by atomic mass is 16.3. The lowest BCUT2D eigenvalue weighted by Crippen LogP contribution is -2.61. The minimum Gasteiger partial charge on any atom is -0.456 e. The van der Waals surface area contributed by atoms with Gasteiger partial charge in [-0.3, -0.25) is 0 Å². The molecular weight excluding hydrogens is 1110 g/mol. The van der Waals surface area contributed by atoms with E-state index in [0.717, 1.165) is 123 Å². The Labute approximate surface area is 529 Å². The van der Waals surface area contributed by atoms with Crippen molar-refractivity contribution in [1.82, 2.24) is 0 Å². The van der Waals surface area contributed by atoms with Gasteiger partial charge in [0.15, 0.2) is 5.58 Å². The number of para-hydroxylation sites is 5. The van der Waals surface area contributed by atoms with Crippen LogP contribution >= 0.6 is 0 Å². The number of hydrogen-bond donors (Lipinski definition) is 0. The first-order chi connectivity index (χ1) is 44.4. The summed E-state index contributed by atoms with van der Waals surface area (Å²) in [5, 5.41) is 11.6. The van der Waals surface area contributed by atoms with Crippen LogP contribution in [-0.4, -0.2) is 6.71 Å². The van der Waals surface area contributed by atoms with E-state index in [1.54, 1.807) is 0 Å². The second kappa shape index (κ2) is 19.7. The summed E-state index contributed by atoms with van der Waals surface area (Å²) in [7, 11) is 0. The van der Waals surface area contributed by atoms with Gasteiger partial charge in [-0.05, 0) is 168 Å². The summed E-state index contributed by atoms with van der Waals surface area (Å²) in [4.78, 5) is 9.93. The van der Waals surface area contributed by atoms with Crippen molar-refractivity contribution in [3.05, 3.63) is 284 Å². The quantitative estimate of drug-likeness (QED) is 0.112. The lowest BCUT2D eigenvalue weighted by atomic mass is 9.33. The molecule has 18 rings (SSSR count). The van der Waals surface area contributed by atoms with Crippen LogP contribution in [0.1, 0.15) is 52.7 Å². The van der Waals surface area contributed by atoms with Crippen LogP contribution in [0, 0.1) is 0 Å². The van der Waals surface area contributed by atoms with Gasteiger partial charge in [-0.25, -0.2) is 0 Å². The third-order valence-corrected chi connectivity index (χ3v) is 19.5. The largest absolute Gasteiger partial charge is 0.456 e. The monoisotopic (exact) mass is 1170 g/mol. The number of anilines is 12. The third kappa shape index (κ3) is 8.06. The number of fused-ring (bicyclic) bond motifs is 11. The molecule has 0 N–H and O–H groups in total. The molecule has 0 atom stereocenters. The fourth-order valence-electron chi connectivity index (χ4n) is 15.2. The molecule has 2 aliphatic heterocycles. The average Bonchev–Trinajstić information content (AvgIpc) is 1.59. The molecule has 91 heavy (non-hydrogen) atoms.